The number of hydrogen-bond donors (Lipinski definition) is 3. The van der Waals surface area contributed by atoms with Gasteiger partial charge in [0.25, 0.3) is 0 Å². The van der Waals surface area contributed by atoms with Gasteiger partial charge in [0, 0.05) is 23.0 Å². The van der Waals surface area contributed by atoms with Gasteiger partial charge in [-0.15, -0.1) is 0 Å². The van der Waals surface area contributed by atoms with Crippen LogP contribution in [0.1, 0.15) is 12.8 Å². The maximum Gasteiger partial charge on any atom is 0.227 e. The molecule has 0 aliphatic carbocycles. The van der Waals surface area contributed by atoms with Gasteiger partial charge in [0.15, 0.2) is 0 Å². The Morgan fingerprint density at radius 2 is 2.06 bits per heavy atom. The third-order valence-corrected chi connectivity index (χ3v) is 3.56. The highest BCUT2D eigenvalue weighted by atomic mass is 16.1. The summed E-state index contributed by atoms with van der Waals surface area (Å²) < 4.78 is 0. The van der Waals surface area contributed by atoms with Gasteiger partial charge in [0.05, 0.1) is 5.69 Å². The number of H-pyrrole nitrogens is 1. The highest BCUT2D eigenvalue weighted by molar-refractivity contribution is 6.02. The first-order valence-corrected chi connectivity index (χ1v) is 6.42. The third-order valence-electron chi connectivity index (χ3n) is 3.56. The average Bonchev–Trinajstić information content (AvgIpc) is 2.89. The fraction of sp³-hybridized carbons (Fsp3) is 0.357. The number of carbonyl (C=O) groups excluding carboxylic acids is 1. The zero-order chi connectivity index (χ0) is 12.4. The minimum atomic E-state index is 0.139. The molecule has 0 saturated carbocycles. The summed E-state index contributed by atoms with van der Waals surface area (Å²) in [5.74, 6) is 0.283. The molecule has 0 unspecified atom stereocenters. The predicted octanol–water partition coefficient (Wildman–Crippen LogP) is 2.11. The number of piperidine rings is 1. The Kier molecular flexibility index (Phi) is 3.02. The lowest BCUT2D eigenvalue weighted by molar-refractivity contribution is -0.120. The Morgan fingerprint density at radius 1 is 1.22 bits per heavy atom. The van der Waals surface area contributed by atoms with Gasteiger partial charge in [-0.1, -0.05) is 6.07 Å². The van der Waals surface area contributed by atoms with Crippen LogP contribution in [-0.4, -0.2) is 24.0 Å². The molecule has 4 heteroatoms. The number of carbonyl (C=O) groups is 1. The van der Waals surface area contributed by atoms with Crippen molar-refractivity contribution in [3.05, 3.63) is 30.5 Å². The van der Waals surface area contributed by atoms with Crippen LogP contribution < -0.4 is 10.6 Å². The van der Waals surface area contributed by atoms with Crippen LogP contribution in [0, 0.1) is 5.92 Å². The molecular formula is C14H17N3O. The standard InChI is InChI=1S/C14H17N3O/c18-14(10-4-7-15-8-5-10)17-13-3-1-2-12-11(13)6-9-16-12/h1-3,6,9-10,15-16H,4-5,7-8H2,(H,17,18). The number of anilines is 1. The van der Waals surface area contributed by atoms with Crippen LogP contribution in [0.2, 0.25) is 0 Å². The topological polar surface area (TPSA) is 56.9 Å². The van der Waals surface area contributed by atoms with Crippen molar-refractivity contribution in [2.45, 2.75) is 12.8 Å². The number of rotatable bonds is 2. The van der Waals surface area contributed by atoms with Crippen molar-refractivity contribution in [3.63, 3.8) is 0 Å². The average molecular weight is 243 g/mol. The Labute approximate surface area is 106 Å². The van der Waals surface area contributed by atoms with Gasteiger partial charge in [0.2, 0.25) is 5.91 Å². The van der Waals surface area contributed by atoms with Gasteiger partial charge in [0.1, 0.15) is 0 Å². The van der Waals surface area contributed by atoms with E-state index in [-0.39, 0.29) is 11.8 Å². The summed E-state index contributed by atoms with van der Waals surface area (Å²) >= 11 is 0. The Morgan fingerprint density at radius 3 is 2.89 bits per heavy atom. The fourth-order valence-electron chi connectivity index (χ4n) is 2.51. The second-order valence-corrected chi connectivity index (χ2v) is 4.76. The third kappa shape index (κ3) is 2.11. The highest BCUT2D eigenvalue weighted by Crippen LogP contribution is 2.23. The molecule has 1 aromatic heterocycles. The van der Waals surface area contributed by atoms with E-state index in [4.69, 9.17) is 0 Å². The first-order valence-electron chi connectivity index (χ1n) is 6.42. The van der Waals surface area contributed by atoms with Crippen molar-refractivity contribution in [2.75, 3.05) is 18.4 Å². The first kappa shape index (κ1) is 11.3. The molecule has 0 spiro atoms. The molecule has 94 valence electrons. The van der Waals surface area contributed by atoms with Crippen LogP contribution in [0.4, 0.5) is 5.69 Å². The van der Waals surface area contributed by atoms with Crippen molar-refractivity contribution < 1.29 is 4.79 Å². The van der Waals surface area contributed by atoms with E-state index in [1.54, 1.807) is 0 Å². The maximum absolute atomic E-state index is 12.2. The number of hydrogen-bond acceptors (Lipinski definition) is 2. The molecule has 1 amide bonds. The fourth-order valence-corrected chi connectivity index (χ4v) is 2.51. The van der Waals surface area contributed by atoms with Gasteiger partial charge in [-0.3, -0.25) is 4.79 Å². The smallest absolute Gasteiger partial charge is 0.227 e. The molecule has 1 aromatic carbocycles. The molecule has 1 saturated heterocycles. The van der Waals surface area contributed by atoms with Crippen LogP contribution in [-0.2, 0) is 4.79 Å². The summed E-state index contributed by atoms with van der Waals surface area (Å²) in [5, 5.41) is 7.40. The lowest BCUT2D eigenvalue weighted by Gasteiger charge is -2.21. The molecule has 4 nitrogen and oxygen atoms in total. The zero-order valence-corrected chi connectivity index (χ0v) is 10.2. The molecule has 2 heterocycles. The van der Waals surface area contributed by atoms with Gasteiger partial charge in [-0.05, 0) is 44.1 Å². The lowest BCUT2D eigenvalue weighted by atomic mass is 9.97. The summed E-state index contributed by atoms with van der Waals surface area (Å²) in [4.78, 5) is 15.3. The van der Waals surface area contributed by atoms with Gasteiger partial charge in [-0.25, -0.2) is 0 Å². The Balaban J connectivity index is 1.79. The summed E-state index contributed by atoms with van der Waals surface area (Å²) in [6.45, 7) is 1.87. The van der Waals surface area contributed by atoms with Crippen LogP contribution in [0.15, 0.2) is 30.5 Å². The van der Waals surface area contributed by atoms with E-state index in [2.05, 4.69) is 15.6 Å². The maximum atomic E-state index is 12.2. The minimum absolute atomic E-state index is 0.139. The van der Waals surface area contributed by atoms with E-state index in [0.29, 0.717) is 0 Å². The summed E-state index contributed by atoms with van der Waals surface area (Å²) in [6, 6.07) is 7.91. The van der Waals surface area contributed by atoms with Crippen LogP contribution >= 0.6 is 0 Å². The van der Waals surface area contributed by atoms with Gasteiger partial charge >= 0.3 is 0 Å². The SMILES string of the molecule is O=C(Nc1cccc2[nH]ccc12)C1CCNCC1. The Hall–Kier alpha value is -1.81. The highest BCUT2D eigenvalue weighted by Gasteiger charge is 2.21. The lowest BCUT2D eigenvalue weighted by Crippen LogP contribution is -2.34. The van der Waals surface area contributed by atoms with E-state index < -0.39 is 0 Å². The first-order chi connectivity index (χ1) is 8.84. The molecule has 1 fully saturated rings. The van der Waals surface area contributed by atoms with Crippen molar-refractivity contribution in [1.82, 2.24) is 10.3 Å². The van der Waals surface area contributed by atoms with Crippen molar-refractivity contribution in [2.24, 2.45) is 5.92 Å². The second kappa shape index (κ2) is 4.82. The van der Waals surface area contributed by atoms with Gasteiger partial charge in [-0.2, -0.15) is 0 Å². The van der Waals surface area contributed by atoms with Crippen LogP contribution in [0.3, 0.4) is 0 Å². The molecule has 0 atom stereocenters. The number of fused-ring (bicyclic) bond motifs is 1. The predicted molar refractivity (Wildman–Crippen MR) is 72.5 cm³/mol. The largest absolute Gasteiger partial charge is 0.361 e. The molecule has 3 N–H and O–H groups in total. The molecule has 2 aromatic rings. The summed E-state index contributed by atoms with van der Waals surface area (Å²) in [5.41, 5.74) is 1.95. The van der Waals surface area contributed by atoms with Crippen LogP contribution in [0.25, 0.3) is 10.9 Å². The van der Waals surface area contributed by atoms with E-state index in [1.165, 1.54) is 0 Å². The van der Waals surface area contributed by atoms with Crippen LogP contribution in [0.5, 0.6) is 0 Å². The number of benzene rings is 1. The monoisotopic (exact) mass is 243 g/mol. The van der Waals surface area contributed by atoms with E-state index in [0.717, 1.165) is 42.5 Å². The van der Waals surface area contributed by atoms with Gasteiger partial charge < -0.3 is 15.6 Å². The van der Waals surface area contributed by atoms with Crippen molar-refractivity contribution >= 4 is 22.5 Å². The molecule has 0 radical (unpaired) electrons. The van der Waals surface area contributed by atoms with E-state index >= 15 is 0 Å². The number of aromatic amines is 1. The number of amides is 1. The molecular weight excluding hydrogens is 226 g/mol. The second-order valence-electron chi connectivity index (χ2n) is 4.76. The molecule has 1 aliphatic rings. The Bertz CT molecular complexity index is 555. The normalized spacial score (nSPS) is 16.9. The summed E-state index contributed by atoms with van der Waals surface area (Å²) in [7, 11) is 0. The van der Waals surface area contributed by atoms with Crippen molar-refractivity contribution in [3.8, 4) is 0 Å². The number of aromatic nitrogens is 1. The summed E-state index contributed by atoms with van der Waals surface area (Å²) in [6.07, 6.45) is 3.74. The molecule has 3 rings (SSSR count). The van der Waals surface area contributed by atoms with Crippen molar-refractivity contribution in [1.29, 1.82) is 0 Å². The number of nitrogens with one attached hydrogen (secondary N) is 3. The minimum Gasteiger partial charge on any atom is -0.361 e. The van der Waals surface area contributed by atoms with E-state index in [9.17, 15) is 4.79 Å². The van der Waals surface area contributed by atoms with E-state index in [1.807, 2.05) is 30.5 Å². The molecule has 1 aliphatic heterocycles. The zero-order valence-electron chi connectivity index (χ0n) is 10.2. The molecule has 0 bridgehead atoms. The molecule has 18 heavy (non-hydrogen) atoms. The quantitative estimate of drug-likeness (QED) is 0.756.